The monoisotopic (exact) mass is 362 g/mol. The molecule has 1 aromatic rings. The first kappa shape index (κ1) is 19.0. The van der Waals surface area contributed by atoms with E-state index in [-0.39, 0.29) is 5.91 Å². The second-order valence-electron chi connectivity index (χ2n) is 7.07. The molecule has 6 nitrogen and oxygen atoms in total. The normalized spacial score (nSPS) is 19.9. The molecule has 1 saturated heterocycles. The molecule has 1 saturated carbocycles. The maximum Gasteiger partial charge on any atom is 0.230 e. The van der Waals surface area contributed by atoms with E-state index < -0.39 is 5.41 Å². The van der Waals surface area contributed by atoms with E-state index in [1.807, 2.05) is 18.2 Å². The van der Waals surface area contributed by atoms with Crippen molar-refractivity contribution in [1.82, 2.24) is 10.2 Å². The number of rotatable bonds is 7. The Morgan fingerprint density at radius 2 is 1.85 bits per heavy atom. The van der Waals surface area contributed by atoms with Crippen molar-refractivity contribution in [2.45, 2.75) is 31.1 Å². The Morgan fingerprint density at radius 3 is 2.50 bits per heavy atom. The molecule has 1 aliphatic carbocycles. The predicted octanol–water partition coefficient (Wildman–Crippen LogP) is 1.96. The van der Waals surface area contributed by atoms with Gasteiger partial charge in [0.15, 0.2) is 11.5 Å². The molecule has 1 aromatic carbocycles. The Bertz CT molecular complexity index is 608. The number of hydrogen-bond acceptors (Lipinski definition) is 5. The minimum Gasteiger partial charge on any atom is -0.493 e. The molecule has 1 aliphatic heterocycles. The number of morpholine rings is 1. The molecule has 2 aliphatic rings. The predicted molar refractivity (Wildman–Crippen MR) is 100.0 cm³/mol. The van der Waals surface area contributed by atoms with Crippen LogP contribution in [0.4, 0.5) is 0 Å². The molecule has 0 unspecified atom stereocenters. The topological polar surface area (TPSA) is 60.0 Å². The van der Waals surface area contributed by atoms with Crippen molar-refractivity contribution in [3.63, 3.8) is 0 Å². The first-order valence-corrected chi connectivity index (χ1v) is 9.50. The number of nitrogens with one attached hydrogen (secondary N) is 1. The van der Waals surface area contributed by atoms with Gasteiger partial charge in [0.1, 0.15) is 0 Å². The highest BCUT2D eigenvalue weighted by molar-refractivity contribution is 5.88. The second kappa shape index (κ2) is 8.73. The number of carbonyl (C=O) groups excluding carboxylic acids is 1. The van der Waals surface area contributed by atoms with Crippen molar-refractivity contribution < 1.29 is 19.0 Å². The lowest BCUT2D eigenvalue weighted by Gasteiger charge is -2.30. The summed E-state index contributed by atoms with van der Waals surface area (Å²) in [5, 5.41) is 3.18. The van der Waals surface area contributed by atoms with Gasteiger partial charge in [-0.05, 0) is 30.5 Å². The third-order valence-corrected chi connectivity index (χ3v) is 5.65. The lowest BCUT2D eigenvalue weighted by Crippen LogP contribution is -2.46. The van der Waals surface area contributed by atoms with Gasteiger partial charge in [-0.1, -0.05) is 18.9 Å². The molecular weight excluding hydrogens is 332 g/mol. The van der Waals surface area contributed by atoms with E-state index in [1.165, 1.54) is 0 Å². The standard InChI is InChI=1S/C20H30N2O4/c1-24-17-6-5-16(15-18(17)25-2)20(7-3-4-8-20)19(23)21-9-10-22-11-13-26-14-12-22/h5-6,15H,3-4,7-14H2,1-2H3,(H,21,23). The van der Waals surface area contributed by atoms with Crippen molar-refractivity contribution >= 4 is 5.91 Å². The summed E-state index contributed by atoms with van der Waals surface area (Å²) >= 11 is 0. The van der Waals surface area contributed by atoms with E-state index >= 15 is 0 Å². The third-order valence-electron chi connectivity index (χ3n) is 5.65. The van der Waals surface area contributed by atoms with Crippen LogP contribution in [0.25, 0.3) is 0 Å². The molecule has 3 rings (SSSR count). The fourth-order valence-electron chi connectivity index (χ4n) is 4.08. The largest absolute Gasteiger partial charge is 0.493 e. The minimum atomic E-state index is -0.454. The molecule has 144 valence electrons. The SMILES string of the molecule is COc1ccc(C2(C(=O)NCCN3CCOCC3)CCCC2)cc1OC. The molecule has 0 spiro atoms. The smallest absolute Gasteiger partial charge is 0.230 e. The van der Waals surface area contributed by atoms with E-state index in [4.69, 9.17) is 14.2 Å². The van der Waals surface area contributed by atoms with Crippen molar-refractivity contribution in [2.24, 2.45) is 0 Å². The van der Waals surface area contributed by atoms with E-state index in [0.29, 0.717) is 18.0 Å². The fraction of sp³-hybridized carbons (Fsp3) is 0.650. The summed E-state index contributed by atoms with van der Waals surface area (Å²) in [5.74, 6) is 1.50. The molecule has 1 N–H and O–H groups in total. The molecule has 0 aromatic heterocycles. The van der Waals surface area contributed by atoms with Gasteiger partial charge < -0.3 is 19.5 Å². The van der Waals surface area contributed by atoms with Crippen LogP contribution in [-0.4, -0.2) is 64.4 Å². The molecule has 6 heteroatoms. The van der Waals surface area contributed by atoms with Crippen LogP contribution in [0.1, 0.15) is 31.2 Å². The molecule has 0 atom stereocenters. The van der Waals surface area contributed by atoms with Gasteiger partial charge >= 0.3 is 0 Å². The molecule has 0 bridgehead atoms. The van der Waals surface area contributed by atoms with Gasteiger partial charge in [0.05, 0.1) is 32.8 Å². The second-order valence-corrected chi connectivity index (χ2v) is 7.07. The minimum absolute atomic E-state index is 0.135. The Balaban J connectivity index is 1.69. The summed E-state index contributed by atoms with van der Waals surface area (Å²) < 4.78 is 16.2. The number of amides is 1. The number of benzene rings is 1. The first-order chi connectivity index (χ1) is 12.7. The average Bonchev–Trinajstić information content (AvgIpc) is 3.19. The zero-order chi connectivity index (χ0) is 18.4. The highest BCUT2D eigenvalue weighted by Gasteiger charge is 2.43. The molecule has 26 heavy (non-hydrogen) atoms. The molecule has 1 amide bonds. The number of hydrogen-bond donors (Lipinski definition) is 1. The summed E-state index contributed by atoms with van der Waals surface area (Å²) in [6.07, 6.45) is 3.91. The Kier molecular flexibility index (Phi) is 6.38. The summed E-state index contributed by atoms with van der Waals surface area (Å²) in [6.45, 7) is 4.99. The van der Waals surface area contributed by atoms with Crippen LogP contribution in [-0.2, 0) is 14.9 Å². The van der Waals surface area contributed by atoms with Crippen molar-refractivity contribution in [3.8, 4) is 11.5 Å². The van der Waals surface area contributed by atoms with Gasteiger partial charge in [0.2, 0.25) is 5.91 Å². The van der Waals surface area contributed by atoms with Gasteiger partial charge in [-0.15, -0.1) is 0 Å². The van der Waals surface area contributed by atoms with E-state index in [9.17, 15) is 4.79 Å². The molecular formula is C20H30N2O4. The van der Waals surface area contributed by atoms with Gasteiger partial charge in [-0.25, -0.2) is 0 Å². The lowest BCUT2D eigenvalue weighted by molar-refractivity contribution is -0.126. The lowest BCUT2D eigenvalue weighted by atomic mass is 9.77. The van der Waals surface area contributed by atoms with Gasteiger partial charge in [0.25, 0.3) is 0 Å². The van der Waals surface area contributed by atoms with Gasteiger partial charge in [0, 0.05) is 26.2 Å². The average molecular weight is 362 g/mol. The van der Waals surface area contributed by atoms with Crippen LogP contribution in [0.15, 0.2) is 18.2 Å². The summed E-state index contributed by atoms with van der Waals surface area (Å²) in [6, 6.07) is 5.87. The first-order valence-electron chi connectivity index (χ1n) is 9.50. The number of ether oxygens (including phenoxy) is 3. The van der Waals surface area contributed by atoms with E-state index in [1.54, 1.807) is 14.2 Å². The molecule has 0 radical (unpaired) electrons. The zero-order valence-electron chi connectivity index (χ0n) is 15.9. The quantitative estimate of drug-likeness (QED) is 0.804. The maximum atomic E-state index is 13.1. The number of nitrogens with zero attached hydrogens (tertiary/aromatic N) is 1. The van der Waals surface area contributed by atoms with Crippen LogP contribution >= 0.6 is 0 Å². The summed E-state index contributed by atoms with van der Waals surface area (Å²) in [5.41, 5.74) is 0.571. The van der Waals surface area contributed by atoms with Crippen molar-refractivity contribution in [2.75, 3.05) is 53.6 Å². The van der Waals surface area contributed by atoms with Gasteiger partial charge in [-0.3, -0.25) is 9.69 Å². The van der Waals surface area contributed by atoms with Crippen LogP contribution < -0.4 is 14.8 Å². The number of methoxy groups -OCH3 is 2. The highest BCUT2D eigenvalue weighted by Crippen LogP contribution is 2.43. The van der Waals surface area contributed by atoms with E-state index in [2.05, 4.69) is 10.2 Å². The van der Waals surface area contributed by atoms with Crippen LogP contribution in [0.5, 0.6) is 11.5 Å². The van der Waals surface area contributed by atoms with Crippen LogP contribution in [0.2, 0.25) is 0 Å². The summed E-state index contributed by atoms with van der Waals surface area (Å²) in [7, 11) is 3.26. The molecule has 1 heterocycles. The van der Waals surface area contributed by atoms with E-state index in [0.717, 1.165) is 64.1 Å². The Hall–Kier alpha value is -1.79. The van der Waals surface area contributed by atoms with Crippen molar-refractivity contribution in [3.05, 3.63) is 23.8 Å². The Labute approximate surface area is 155 Å². The van der Waals surface area contributed by atoms with Crippen molar-refractivity contribution in [1.29, 1.82) is 0 Å². The van der Waals surface area contributed by atoms with Crippen LogP contribution in [0, 0.1) is 0 Å². The third kappa shape index (κ3) is 3.96. The van der Waals surface area contributed by atoms with Gasteiger partial charge in [-0.2, -0.15) is 0 Å². The molecule has 2 fully saturated rings. The van der Waals surface area contributed by atoms with Crippen LogP contribution in [0.3, 0.4) is 0 Å². The fourth-order valence-corrected chi connectivity index (χ4v) is 4.08. The number of carbonyl (C=O) groups is 1. The Morgan fingerprint density at radius 1 is 1.15 bits per heavy atom. The summed E-state index contributed by atoms with van der Waals surface area (Å²) in [4.78, 5) is 15.5. The maximum absolute atomic E-state index is 13.1. The highest BCUT2D eigenvalue weighted by atomic mass is 16.5. The zero-order valence-corrected chi connectivity index (χ0v) is 15.9.